The molecule has 0 aliphatic carbocycles. The molecule has 2 heterocycles. The van der Waals surface area contributed by atoms with E-state index in [0.29, 0.717) is 0 Å². The zero-order chi connectivity index (χ0) is 19.9. The molecule has 142 valence electrons. The number of anilines is 2. The van der Waals surface area contributed by atoms with Gasteiger partial charge in [-0.2, -0.15) is 13.2 Å². The van der Waals surface area contributed by atoms with Crippen molar-refractivity contribution in [2.75, 3.05) is 23.0 Å². The number of ether oxygens (including phenoxy) is 1. The SMILES string of the molecule is C#CCN1C(=O)COc2cc(F)c(N3C(=O)CC(C(F)(F)F)NC3=O)cc21. The number of hydrogen-bond donors (Lipinski definition) is 1. The Bertz CT molecular complexity index is 860. The summed E-state index contributed by atoms with van der Waals surface area (Å²) in [6.45, 7) is -0.569. The Morgan fingerprint density at radius 2 is 1.93 bits per heavy atom. The van der Waals surface area contributed by atoms with Crippen LogP contribution >= 0.6 is 0 Å². The second-order valence-corrected chi connectivity index (χ2v) is 5.72. The molecule has 0 aromatic heterocycles. The van der Waals surface area contributed by atoms with Crippen molar-refractivity contribution in [3.05, 3.63) is 17.9 Å². The maximum absolute atomic E-state index is 14.4. The third-order valence-electron chi connectivity index (χ3n) is 3.99. The molecular formula is C16H11F4N3O4. The second kappa shape index (κ2) is 6.46. The van der Waals surface area contributed by atoms with E-state index in [4.69, 9.17) is 11.2 Å². The van der Waals surface area contributed by atoms with E-state index in [9.17, 15) is 31.9 Å². The number of halogens is 4. The summed E-state index contributed by atoms with van der Waals surface area (Å²) in [4.78, 5) is 37.4. The fourth-order valence-corrected chi connectivity index (χ4v) is 2.73. The summed E-state index contributed by atoms with van der Waals surface area (Å²) in [6, 6.07) is -2.00. The molecule has 1 unspecified atom stereocenters. The Balaban J connectivity index is 2.01. The van der Waals surface area contributed by atoms with Crippen LogP contribution in [0.15, 0.2) is 12.1 Å². The first-order valence-corrected chi connectivity index (χ1v) is 7.53. The van der Waals surface area contributed by atoms with E-state index in [1.54, 1.807) is 5.32 Å². The summed E-state index contributed by atoms with van der Waals surface area (Å²) in [6.07, 6.45) is -0.716. The van der Waals surface area contributed by atoms with Gasteiger partial charge in [-0.3, -0.25) is 14.5 Å². The number of fused-ring (bicyclic) bond motifs is 1. The first kappa shape index (κ1) is 18.5. The van der Waals surface area contributed by atoms with Gasteiger partial charge in [0.15, 0.2) is 12.4 Å². The van der Waals surface area contributed by atoms with Crippen LogP contribution in [0.1, 0.15) is 6.42 Å². The molecule has 1 N–H and O–H groups in total. The molecule has 1 atom stereocenters. The zero-order valence-electron chi connectivity index (χ0n) is 13.5. The lowest BCUT2D eigenvalue weighted by Gasteiger charge is -2.34. The standard InChI is InChI=1S/C16H11F4N3O4/c1-2-3-22-10-5-9(8(17)4-11(10)27-7-14(22)25)23-13(24)6-12(16(18,19)20)21-15(23)26/h1,4-5,12H,3,6-7H2,(H,21,26). The lowest BCUT2D eigenvalue weighted by molar-refractivity contribution is -0.160. The molecule has 7 nitrogen and oxygen atoms in total. The molecular weight excluding hydrogens is 374 g/mol. The number of carbonyl (C=O) groups is 3. The van der Waals surface area contributed by atoms with Crippen LogP contribution in [0.5, 0.6) is 5.75 Å². The van der Waals surface area contributed by atoms with Crippen molar-refractivity contribution in [3.8, 4) is 18.1 Å². The van der Waals surface area contributed by atoms with Gasteiger partial charge in [0.2, 0.25) is 5.91 Å². The summed E-state index contributed by atoms with van der Waals surface area (Å²) in [5.41, 5.74) is -0.614. The van der Waals surface area contributed by atoms with Crippen molar-refractivity contribution < 1.29 is 36.7 Å². The predicted octanol–water partition coefficient (Wildman–Crippen LogP) is 1.56. The Morgan fingerprint density at radius 1 is 1.22 bits per heavy atom. The third kappa shape index (κ3) is 3.25. The summed E-state index contributed by atoms with van der Waals surface area (Å²) in [5, 5.41) is 1.62. The number of hydrogen-bond acceptors (Lipinski definition) is 4. The largest absolute Gasteiger partial charge is 0.481 e. The van der Waals surface area contributed by atoms with Gasteiger partial charge in [0, 0.05) is 6.07 Å². The summed E-state index contributed by atoms with van der Waals surface area (Å²) >= 11 is 0. The van der Waals surface area contributed by atoms with E-state index in [1.165, 1.54) is 0 Å². The average molecular weight is 385 g/mol. The van der Waals surface area contributed by atoms with Crippen LogP contribution in [0.4, 0.5) is 33.7 Å². The van der Waals surface area contributed by atoms with Crippen LogP contribution in [0.2, 0.25) is 0 Å². The Labute approximate surface area is 149 Å². The van der Waals surface area contributed by atoms with Gasteiger partial charge >= 0.3 is 12.2 Å². The molecule has 3 rings (SSSR count). The average Bonchev–Trinajstić information content (AvgIpc) is 2.57. The number of nitrogens with zero attached hydrogens (tertiary/aromatic N) is 2. The van der Waals surface area contributed by atoms with Gasteiger partial charge in [0.25, 0.3) is 5.91 Å². The Hall–Kier alpha value is -3.29. The normalized spacial score (nSPS) is 20.0. The Kier molecular flexibility index (Phi) is 4.43. The molecule has 11 heteroatoms. The first-order valence-electron chi connectivity index (χ1n) is 7.53. The summed E-state index contributed by atoms with van der Waals surface area (Å²) in [5.74, 6) is -0.685. The lowest BCUT2D eigenvalue weighted by atomic mass is 10.1. The molecule has 0 saturated carbocycles. The third-order valence-corrected chi connectivity index (χ3v) is 3.99. The monoisotopic (exact) mass is 385 g/mol. The van der Waals surface area contributed by atoms with Crippen LogP contribution in [0, 0.1) is 18.2 Å². The highest BCUT2D eigenvalue weighted by atomic mass is 19.4. The molecule has 0 radical (unpaired) electrons. The molecule has 1 aromatic carbocycles. The van der Waals surface area contributed by atoms with E-state index >= 15 is 0 Å². The molecule has 27 heavy (non-hydrogen) atoms. The van der Waals surface area contributed by atoms with E-state index in [-0.39, 0.29) is 29.5 Å². The number of benzene rings is 1. The van der Waals surface area contributed by atoms with Crippen molar-refractivity contribution in [1.82, 2.24) is 5.32 Å². The minimum Gasteiger partial charge on any atom is -0.481 e. The highest BCUT2D eigenvalue weighted by Gasteiger charge is 2.48. The number of amides is 4. The van der Waals surface area contributed by atoms with E-state index < -0.39 is 48.0 Å². The highest BCUT2D eigenvalue weighted by Crippen LogP contribution is 2.39. The zero-order valence-corrected chi connectivity index (χ0v) is 13.5. The van der Waals surface area contributed by atoms with Gasteiger partial charge in [-0.15, -0.1) is 6.42 Å². The molecule has 2 aliphatic heterocycles. The van der Waals surface area contributed by atoms with Gasteiger partial charge in [-0.25, -0.2) is 14.1 Å². The molecule has 0 spiro atoms. The van der Waals surface area contributed by atoms with Crippen molar-refractivity contribution in [2.24, 2.45) is 0 Å². The molecule has 0 bridgehead atoms. The minimum atomic E-state index is -4.82. The lowest BCUT2D eigenvalue weighted by Crippen LogP contribution is -2.59. The minimum absolute atomic E-state index is 0.000792. The van der Waals surface area contributed by atoms with Crippen LogP contribution < -0.4 is 19.9 Å². The number of terminal acetylenes is 1. The highest BCUT2D eigenvalue weighted by molar-refractivity contribution is 6.16. The van der Waals surface area contributed by atoms with Crippen molar-refractivity contribution in [1.29, 1.82) is 0 Å². The van der Waals surface area contributed by atoms with Gasteiger partial charge in [-0.1, -0.05) is 5.92 Å². The maximum atomic E-state index is 14.4. The van der Waals surface area contributed by atoms with Crippen LogP contribution in [-0.2, 0) is 9.59 Å². The van der Waals surface area contributed by atoms with E-state index in [0.717, 1.165) is 17.0 Å². The summed E-state index contributed by atoms with van der Waals surface area (Å²) in [7, 11) is 0. The maximum Gasteiger partial charge on any atom is 0.409 e. The first-order chi connectivity index (χ1) is 12.6. The molecule has 4 amide bonds. The fourth-order valence-electron chi connectivity index (χ4n) is 2.73. The van der Waals surface area contributed by atoms with E-state index in [1.807, 2.05) is 0 Å². The summed E-state index contributed by atoms with van der Waals surface area (Å²) < 4.78 is 57.8. The van der Waals surface area contributed by atoms with Crippen LogP contribution in [0.25, 0.3) is 0 Å². The number of urea groups is 1. The number of rotatable bonds is 2. The second-order valence-electron chi connectivity index (χ2n) is 5.72. The number of alkyl halides is 3. The van der Waals surface area contributed by atoms with E-state index in [2.05, 4.69) is 5.92 Å². The molecule has 1 aromatic rings. The number of imide groups is 1. The van der Waals surface area contributed by atoms with Gasteiger partial charge in [0.1, 0.15) is 11.8 Å². The Morgan fingerprint density at radius 3 is 2.52 bits per heavy atom. The molecule has 1 fully saturated rings. The van der Waals surface area contributed by atoms with Gasteiger partial charge in [0.05, 0.1) is 24.3 Å². The van der Waals surface area contributed by atoms with Crippen LogP contribution in [0.3, 0.4) is 0 Å². The van der Waals surface area contributed by atoms with Gasteiger partial charge < -0.3 is 10.1 Å². The fraction of sp³-hybridized carbons (Fsp3) is 0.312. The van der Waals surface area contributed by atoms with Crippen molar-refractivity contribution in [3.63, 3.8) is 0 Å². The van der Waals surface area contributed by atoms with Crippen molar-refractivity contribution in [2.45, 2.75) is 18.6 Å². The van der Waals surface area contributed by atoms with Gasteiger partial charge in [-0.05, 0) is 6.07 Å². The molecule has 1 saturated heterocycles. The topological polar surface area (TPSA) is 79.0 Å². The number of carbonyl (C=O) groups excluding carboxylic acids is 3. The number of nitrogens with one attached hydrogen (secondary N) is 1. The predicted molar refractivity (Wildman–Crippen MR) is 83.6 cm³/mol. The van der Waals surface area contributed by atoms with Crippen molar-refractivity contribution >= 4 is 29.2 Å². The smallest absolute Gasteiger partial charge is 0.409 e. The van der Waals surface area contributed by atoms with Crippen LogP contribution in [-0.4, -0.2) is 43.2 Å². The quantitative estimate of drug-likeness (QED) is 0.619. The molecule has 2 aliphatic rings.